The number of carbonyl (C=O) groups is 2. The van der Waals surface area contributed by atoms with Crippen molar-refractivity contribution in [2.24, 2.45) is 0 Å². The Kier molecular flexibility index (Phi) is 4.41. The van der Waals surface area contributed by atoms with Gasteiger partial charge in [0.1, 0.15) is 5.01 Å². The average molecular weight is 290 g/mol. The molecule has 2 aromatic rings. The summed E-state index contributed by atoms with van der Waals surface area (Å²) >= 11 is 1.21. The van der Waals surface area contributed by atoms with Gasteiger partial charge in [0.25, 0.3) is 0 Å². The van der Waals surface area contributed by atoms with E-state index < -0.39 is 11.8 Å². The van der Waals surface area contributed by atoms with Crippen molar-refractivity contribution in [3.8, 4) is 0 Å². The molecule has 1 atom stereocenters. The lowest BCUT2D eigenvalue weighted by atomic mass is 10.1. The second kappa shape index (κ2) is 6.25. The lowest BCUT2D eigenvalue weighted by Gasteiger charge is -2.13. The van der Waals surface area contributed by atoms with Crippen LogP contribution in [0.5, 0.6) is 0 Å². The summed E-state index contributed by atoms with van der Waals surface area (Å²) in [6.07, 6.45) is 0. The molecule has 104 valence electrons. The third kappa shape index (κ3) is 3.61. The van der Waals surface area contributed by atoms with Gasteiger partial charge in [-0.3, -0.25) is 14.9 Å². The highest BCUT2D eigenvalue weighted by atomic mass is 32.1. The first-order valence-corrected chi connectivity index (χ1v) is 6.85. The Bertz CT molecular complexity index is 612. The molecule has 1 aromatic heterocycles. The molecule has 0 fully saturated rings. The van der Waals surface area contributed by atoms with Crippen molar-refractivity contribution in [3.63, 3.8) is 0 Å². The van der Waals surface area contributed by atoms with E-state index in [1.54, 1.807) is 6.92 Å². The van der Waals surface area contributed by atoms with Crippen LogP contribution >= 0.6 is 11.3 Å². The quantitative estimate of drug-likeness (QED) is 0.842. The summed E-state index contributed by atoms with van der Waals surface area (Å²) in [5.41, 5.74) is 0.931. The number of aryl methyl sites for hydroxylation is 1. The SMILES string of the molecule is Cc1nnc(NC(=O)C(=O)N[C@@H](C)c2ccccc2)s1. The molecular formula is C13H14N4O2S. The Morgan fingerprint density at radius 1 is 1.15 bits per heavy atom. The highest BCUT2D eigenvalue weighted by molar-refractivity contribution is 7.15. The van der Waals surface area contributed by atoms with Crippen LogP contribution in [0.3, 0.4) is 0 Å². The number of amides is 2. The van der Waals surface area contributed by atoms with E-state index >= 15 is 0 Å². The molecule has 0 spiro atoms. The van der Waals surface area contributed by atoms with Crippen molar-refractivity contribution in [1.29, 1.82) is 0 Å². The molecule has 0 saturated heterocycles. The van der Waals surface area contributed by atoms with Gasteiger partial charge in [0.15, 0.2) is 0 Å². The van der Waals surface area contributed by atoms with Crippen molar-refractivity contribution >= 4 is 28.3 Å². The van der Waals surface area contributed by atoms with E-state index in [-0.39, 0.29) is 6.04 Å². The van der Waals surface area contributed by atoms with E-state index in [2.05, 4.69) is 20.8 Å². The minimum absolute atomic E-state index is 0.245. The fourth-order valence-corrected chi connectivity index (χ4v) is 2.18. The summed E-state index contributed by atoms with van der Waals surface area (Å²) in [7, 11) is 0. The normalized spacial score (nSPS) is 11.7. The van der Waals surface area contributed by atoms with Crippen molar-refractivity contribution < 1.29 is 9.59 Å². The molecule has 0 radical (unpaired) electrons. The highest BCUT2D eigenvalue weighted by Crippen LogP contribution is 2.14. The second-order valence-electron chi connectivity index (χ2n) is 4.19. The molecule has 0 unspecified atom stereocenters. The molecule has 1 heterocycles. The van der Waals surface area contributed by atoms with Crippen molar-refractivity contribution in [2.75, 3.05) is 5.32 Å². The van der Waals surface area contributed by atoms with Crippen LogP contribution in [-0.4, -0.2) is 22.0 Å². The van der Waals surface area contributed by atoms with E-state index in [0.717, 1.165) is 10.6 Å². The van der Waals surface area contributed by atoms with Gasteiger partial charge in [-0.2, -0.15) is 0 Å². The maximum absolute atomic E-state index is 11.8. The van der Waals surface area contributed by atoms with Crippen LogP contribution in [0.2, 0.25) is 0 Å². The fraction of sp³-hybridized carbons (Fsp3) is 0.231. The molecule has 2 N–H and O–H groups in total. The van der Waals surface area contributed by atoms with Crippen LogP contribution in [0.4, 0.5) is 5.13 Å². The Balaban J connectivity index is 1.93. The minimum atomic E-state index is -0.746. The number of nitrogens with zero attached hydrogens (tertiary/aromatic N) is 2. The van der Waals surface area contributed by atoms with Crippen LogP contribution in [0.25, 0.3) is 0 Å². The Labute approximate surface area is 120 Å². The molecule has 1 aromatic carbocycles. The standard InChI is InChI=1S/C13H14N4O2S/c1-8(10-6-4-3-5-7-10)14-11(18)12(19)15-13-17-16-9(2)20-13/h3-8H,1-2H3,(H,14,18)(H,15,17,19)/t8-/m0/s1. The van der Waals surface area contributed by atoms with Gasteiger partial charge in [-0.1, -0.05) is 41.7 Å². The number of hydrogen-bond acceptors (Lipinski definition) is 5. The number of carbonyl (C=O) groups excluding carboxylic acids is 2. The first kappa shape index (κ1) is 14.1. The Morgan fingerprint density at radius 2 is 1.85 bits per heavy atom. The third-order valence-electron chi connectivity index (χ3n) is 2.60. The van der Waals surface area contributed by atoms with E-state index in [4.69, 9.17) is 0 Å². The smallest absolute Gasteiger partial charge is 0.315 e. The molecule has 2 rings (SSSR count). The monoisotopic (exact) mass is 290 g/mol. The van der Waals surface area contributed by atoms with Crippen LogP contribution in [-0.2, 0) is 9.59 Å². The van der Waals surface area contributed by atoms with E-state index in [1.807, 2.05) is 37.3 Å². The average Bonchev–Trinajstić information content (AvgIpc) is 2.85. The number of nitrogens with one attached hydrogen (secondary N) is 2. The zero-order chi connectivity index (χ0) is 14.5. The zero-order valence-corrected chi connectivity index (χ0v) is 11.9. The van der Waals surface area contributed by atoms with Crippen molar-refractivity contribution in [3.05, 3.63) is 40.9 Å². The molecule has 20 heavy (non-hydrogen) atoms. The summed E-state index contributed by atoms with van der Waals surface area (Å²) in [4.78, 5) is 23.5. The first-order chi connectivity index (χ1) is 9.56. The third-order valence-corrected chi connectivity index (χ3v) is 3.35. The summed E-state index contributed by atoms with van der Waals surface area (Å²) < 4.78 is 0. The lowest BCUT2D eigenvalue weighted by molar-refractivity contribution is -0.136. The van der Waals surface area contributed by atoms with E-state index in [0.29, 0.717) is 5.13 Å². The number of rotatable bonds is 3. The Hall–Kier alpha value is -2.28. The van der Waals surface area contributed by atoms with Crippen LogP contribution in [0, 0.1) is 6.92 Å². The highest BCUT2D eigenvalue weighted by Gasteiger charge is 2.18. The maximum atomic E-state index is 11.8. The number of anilines is 1. The second-order valence-corrected chi connectivity index (χ2v) is 5.37. The molecule has 0 bridgehead atoms. The zero-order valence-electron chi connectivity index (χ0n) is 11.1. The molecule has 6 nitrogen and oxygen atoms in total. The van der Waals surface area contributed by atoms with Crippen LogP contribution in [0.1, 0.15) is 23.5 Å². The minimum Gasteiger partial charge on any atom is -0.341 e. The largest absolute Gasteiger partial charge is 0.341 e. The Morgan fingerprint density at radius 3 is 2.45 bits per heavy atom. The van der Waals surface area contributed by atoms with Gasteiger partial charge in [-0.15, -0.1) is 10.2 Å². The topological polar surface area (TPSA) is 84.0 Å². The molecular weight excluding hydrogens is 276 g/mol. The predicted molar refractivity (Wildman–Crippen MR) is 76.3 cm³/mol. The summed E-state index contributed by atoms with van der Waals surface area (Å²) in [6.45, 7) is 3.58. The van der Waals surface area contributed by atoms with Gasteiger partial charge in [0, 0.05) is 0 Å². The number of aromatic nitrogens is 2. The van der Waals surface area contributed by atoms with Crippen LogP contribution in [0.15, 0.2) is 30.3 Å². The number of benzene rings is 1. The molecule has 0 aliphatic heterocycles. The van der Waals surface area contributed by atoms with Crippen molar-refractivity contribution in [1.82, 2.24) is 15.5 Å². The predicted octanol–water partition coefficient (Wildman–Crippen LogP) is 1.66. The fourth-order valence-electron chi connectivity index (χ4n) is 1.59. The van der Waals surface area contributed by atoms with Gasteiger partial charge >= 0.3 is 11.8 Å². The number of hydrogen-bond donors (Lipinski definition) is 2. The van der Waals surface area contributed by atoms with Gasteiger partial charge in [-0.25, -0.2) is 0 Å². The summed E-state index contributed by atoms with van der Waals surface area (Å²) in [5, 5.41) is 13.6. The van der Waals surface area contributed by atoms with Gasteiger partial charge in [0.05, 0.1) is 6.04 Å². The molecule has 0 aliphatic rings. The maximum Gasteiger partial charge on any atom is 0.315 e. The molecule has 2 amide bonds. The molecule has 7 heteroatoms. The lowest BCUT2D eigenvalue weighted by Crippen LogP contribution is -2.36. The van der Waals surface area contributed by atoms with Gasteiger partial charge < -0.3 is 5.32 Å². The first-order valence-electron chi connectivity index (χ1n) is 6.03. The van der Waals surface area contributed by atoms with Crippen LogP contribution < -0.4 is 10.6 Å². The van der Waals surface area contributed by atoms with Crippen molar-refractivity contribution in [2.45, 2.75) is 19.9 Å². The van der Waals surface area contributed by atoms with Gasteiger partial charge in [-0.05, 0) is 19.4 Å². The summed E-state index contributed by atoms with van der Waals surface area (Å²) in [5.74, 6) is -1.45. The molecule has 0 aliphatic carbocycles. The van der Waals surface area contributed by atoms with E-state index in [1.165, 1.54) is 11.3 Å². The van der Waals surface area contributed by atoms with E-state index in [9.17, 15) is 9.59 Å². The van der Waals surface area contributed by atoms with Gasteiger partial charge in [0.2, 0.25) is 5.13 Å². The molecule has 0 saturated carbocycles. The summed E-state index contributed by atoms with van der Waals surface area (Å²) in [6, 6.07) is 9.17.